The van der Waals surface area contributed by atoms with Crippen molar-refractivity contribution in [3.63, 3.8) is 0 Å². The molecule has 0 aliphatic carbocycles. The van der Waals surface area contributed by atoms with E-state index >= 15 is 4.79 Å². The van der Waals surface area contributed by atoms with Gasteiger partial charge in [-0.25, -0.2) is 24.0 Å². The fourth-order valence-electron chi connectivity index (χ4n) is 14.3. The minimum Gasteiger partial charge on any atom is -0.465 e. The normalized spacial score (nSPS) is 23.2. The van der Waals surface area contributed by atoms with Crippen molar-refractivity contribution in [1.29, 1.82) is 0 Å². The van der Waals surface area contributed by atoms with Crippen LogP contribution in [0.2, 0.25) is 0 Å². The molecule has 4 aromatic carbocycles. The number of esters is 13. The van der Waals surface area contributed by atoms with Crippen molar-refractivity contribution in [3.8, 4) is 0 Å². The SMILES string of the molecule is CCCCCCCCCCCCC/C=C/[C@@H](OC(=O)c1ccccc1)[C@H](CO[C@@H]1O[C@H](COC(=O)c2ccccc2)[C@@H](O[C@H]2O[C@H](COC(=O)c3ccccc3)[C@H](OC(C)=O)[C@H](O[C@]3(C(=O)OC)C[C@H](OC(C)=O)[C@@H](OC(C)=O)[C@@H]([C@H](OC(C)=O)[C@@H](COC(C)=O)OC(C)=O)O3)[C@H]2OC(C)=O)[C@H](OC(C)=O)[C@H]1OC(=O)c1ccccc1)NC(=O)CCCCC. The summed E-state index contributed by atoms with van der Waals surface area (Å²) in [6.07, 6.45) is -17.1. The van der Waals surface area contributed by atoms with E-state index in [0.29, 0.717) is 19.3 Å². The highest BCUT2D eigenvalue weighted by atomic mass is 16.8. The van der Waals surface area contributed by atoms with E-state index in [0.717, 1.165) is 107 Å². The van der Waals surface area contributed by atoms with Crippen LogP contribution in [-0.4, -0.2) is 227 Å². The Hall–Kier alpha value is -11.0. The van der Waals surface area contributed by atoms with Crippen LogP contribution in [0.3, 0.4) is 0 Å². The number of methoxy groups -OCH3 is 1. The van der Waals surface area contributed by atoms with Gasteiger partial charge in [0.05, 0.1) is 48.4 Å². The number of rotatable bonds is 48. The number of benzene rings is 4. The molecule has 3 saturated heterocycles. The third-order valence-electron chi connectivity index (χ3n) is 19.8. The summed E-state index contributed by atoms with van der Waals surface area (Å²) in [5.74, 6) is -18.5. The van der Waals surface area contributed by atoms with Gasteiger partial charge in [-0.3, -0.25) is 43.2 Å². The number of ether oxygens (including phenoxy) is 19. The van der Waals surface area contributed by atoms with Crippen LogP contribution in [0, 0.1) is 0 Å². The molecule has 1 N–H and O–H groups in total. The van der Waals surface area contributed by atoms with Gasteiger partial charge < -0.3 is 95.3 Å². The van der Waals surface area contributed by atoms with E-state index in [1.807, 2.05) is 13.0 Å². The molecule has 3 aliphatic rings. The highest BCUT2D eigenvalue weighted by Gasteiger charge is 2.65. The molecule has 0 radical (unpaired) electrons. The van der Waals surface area contributed by atoms with E-state index in [4.69, 9.17) is 90.0 Å². The number of carbonyl (C=O) groups excluding carboxylic acids is 14. The Morgan fingerprint density at radius 3 is 1.39 bits per heavy atom. The minimum absolute atomic E-state index is 0.00337. The summed E-state index contributed by atoms with van der Waals surface area (Å²) >= 11 is 0. The summed E-state index contributed by atoms with van der Waals surface area (Å²) in [4.78, 5) is 196. The smallest absolute Gasteiger partial charge is 0.366 e. The summed E-state index contributed by atoms with van der Waals surface area (Å²) in [5, 5.41) is 2.99. The predicted molar refractivity (Wildman–Crippen MR) is 434 cm³/mol. The van der Waals surface area contributed by atoms with E-state index in [-0.39, 0.29) is 28.7 Å². The Kier molecular flexibility index (Phi) is 41.9. The van der Waals surface area contributed by atoms with Crippen molar-refractivity contribution >= 4 is 83.5 Å². The third-order valence-corrected chi connectivity index (χ3v) is 19.8. The minimum atomic E-state index is -3.33. The van der Waals surface area contributed by atoms with Gasteiger partial charge in [-0.05, 0) is 73.9 Å². The molecule has 18 atom stereocenters. The molecule has 124 heavy (non-hydrogen) atoms. The highest BCUT2D eigenvalue weighted by Crippen LogP contribution is 2.44. The predicted octanol–water partition coefficient (Wildman–Crippen LogP) is 10.5. The van der Waals surface area contributed by atoms with Crippen LogP contribution < -0.4 is 5.32 Å². The summed E-state index contributed by atoms with van der Waals surface area (Å²) in [6.45, 7) is 7.82. The zero-order valence-corrected chi connectivity index (χ0v) is 71.8. The van der Waals surface area contributed by atoms with E-state index in [2.05, 4.69) is 12.2 Å². The van der Waals surface area contributed by atoms with E-state index in [1.165, 1.54) is 105 Å². The number of unbranched alkanes of at least 4 members (excludes halogenated alkanes) is 13. The van der Waals surface area contributed by atoms with E-state index in [1.54, 1.807) is 54.6 Å². The number of amides is 1. The Labute approximate surface area is 720 Å². The fraction of sp³-hybridized carbons (Fsp3) is 0.556. The number of hydrogen-bond donors (Lipinski definition) is 1. The first-order valence-corrected chi connectivity index (χ1v) is 41.7. The summed E-state index contributed by atoms with van der Waals surface area (Å²) < 4.78 is 118. The topological polar surface area (TPSA) is 426 Å². The van der Waals surface area contributed by atoms with Crippen LogP contribution >= 0.6 is 0 Å². The van der Waals surface area contributed by atoms with E-state index in [9.17, 15) is 62.3 Å². The first-order valence-electron chi connectivity index (χ1n) is 41.7. The van der Waals surface area contributed by atoms with Gasteiger partial charge in [-0.2, -0.15) is 0 Å². The van der Waals surface area contributed by atoms with Gasteiger partial charge in [0, 0.05) is 61.8 Å². The maximum atomic E-state index is 15.4. The van der Waals surface area contributed by atoms with Crippen molar-refractivity contribution < 1.29 is 157 Å². The first-order chi connectivity index (χ1) is 59.4. The maximum Gasteiger partial charge on any atom is 0.366 e. The molecule has 34 nitrogen and oxygen atoms in total. The molecule has 0 aromatic heterocycles. The monoisotopic (exact) mass is 1740 g/mol. The molecule has 3 aliphatic heterocycles. The molecular weight excluding hydrogens is 1620 g/mol. The second-order valence-electron chi connectivity index (χ2n) is 29.9. The first kappa shape index (κ1) is 100. The maximum absolute atomic E-state index is 15.4. The number of hydrogen-bond acceptors (Lipinski definition) is 33. The lowest BCUT2D eigenvalue weighted by atomic mass is 9.89. The second-order valence-corrected chi connectivity index (χ2v) is 29.9. The zero-order valence-electron chi connectivity index (χ0n) is 71.8. The molecule has 34 heteroatoms. The van der Waals surface area contributed by atoms with Crippen molar-refractivity contribution in [2.75, 3.05) is 33.5 Å². The van der Waals surface area contributed by atoms with Crippen molar-refractivity contribution in [1.82, 2.24) is 5.32 Å². The van der Waals surface area contributed by atoms with E-state index < -0.39 is 226 Å². The standard InChI is InChI=1S/C90H115NO33/c1-12-14-16-17-18-19-20-21-22-23-24-25-39-48-68(118-85(103)65-44-35-28-36-45-65)67(91-73(100)49-30-15-13-2)51-110-87-81(121-86(104)66-46-37-29-38-47-66)78(116-61(9)98)75(71(119-87)53-108-83(101)63-40-31-26-32-41-63)122-88-82(117-62(10)99)80(77(115-60(8)97)72(120-88)54-109-84(102)64-42-33-27-34-43-64)124-90(89(105)106-11)50-69(111-56(4)93)74(113-58(6)95)79(123-90)76(114-59(7)96)70(112-57(5)94)52-107-55(3)92/h26-29,31-48,67-72,74-82,87-88H,12-25,30,49-54H2,1-11H3,(H,91,100)/b48-39+/t67-,68+,69-,70+,71+,72+,74+,75+,76+,77-,78-,79-,80-,81+,82+,87+,88+,90-/m0/s1. The quantitative estimate of drug-likeness (QED) is 0.0186. The average molecular weight is 1740 g/mol. The summed E-state index contributed by atoms with van der Waals surface area (Å²) in [7, 11) is 0.814. The summed E-state index contributed by atoms with van der Waals surface area (Å²) in [6, 6.07) is 29.0. The van der Waals surface area contributed by atoms with Gasteiger partial charge in [0.15, 0.2) is 55.3 Å². The highest BCUT2D eigenvalue weighted by molar-refractivity contribution is 5.91. The largest absolute Gasteiger partial charge is 0.465 e. The van der Waals surface area contributed by atoms with Crippen LogP contribution in [0.5, 0.6) is 0 Å². The van der Waals surface area contributed by atoms with Crippen LogP contribution in [0.1, 0.15) is 220 Å². The fourth-order valence-corrected chi connectivity index (χ4v) is 14.3. The molecule has 0 unspecified atom stereocenters. The Morgan fingerprint density at radius 1 is 0.435 bits per heavy atom. The molecule has 0 spiro atoms. The molecule has 3 heterocycles. The Balaban J connectivity index is 1.45. The van der Waals surface area contributed by atoms with Crippen molar-refractivity contribution in [2.45, 2.75) is 288 Å². The molecule has 7 rings (SSSR count). The molecular formula is C90H115NO33. The summed E-state index contributed by atoms with van der Waals surface area (Å²) in [5.41, 5.74) is -0.00876. The van der Waals surface area contributed by atoms with Gasteiger partial charge >= 0.3 is 77.6 Å². The Morgan fingerprint density at radius 2 is 0.887 bits per heavy atom. The molecule has 0 bridgehead atoms. The van der Waals surface area contributed by atoms with Gasteiger partial charge in [0.1, 0.15) is 62.5 Å². The van der Waals surface area contributed by atoms with Crippen LogP contribution in [0.25, 0.3) is 0 Å². The second kappa shape index (κ2) is 51.9. The van der Waals surface area contributed by atoms with Crippen molar-refractivity contribution in [2.24, 2.45) is 0 Å². The lowest BCUT2D eigenvalue weighted by Gasteiger charge is -2.52. The number of carbonyl (C=O) groups is 14. The average Bonchev–Trinajstić information content (AvgIpc) is 0.740. The van der Waals surface area contributed by atoms with Crippen LogP contribution in [-0.2, 0) is 138 Å². The molecule has 4 aromatic rings. The number of allylic oxidation sites excluding steroid dienone is 1. The lowest BCUT2D eigenvalue weighted by molar-refractivity contribution is -0.390. The van der Waals surface area contributed by atoms with Crippen molar-refractivity contribution in [3.05, 3.63) is 156 Å². The molecule has 0 saturated carbocycles. The zero-order chi connectivity index (χ0) is 90.3. The number of nitrogens with one attached hydrogen (secondary N) is 1. The molecule has 3 fully saturated rings. The van der Waals surface area contributed by atoms with Crippen LogP contribution in [0.15, 0.2) is 133 Å². The third kappa shape index (κ3) is 32.3. The van der Waals surface area contributed by atoms with Gasteiger partial charge in [0.2, 0.25) is 5.91 Å². The molecule has 1 amide bonds. The van der Waals surface area contributed by atoms with Crippen LogP contribution in [0.4, 0.5) is 0 Å². The van der Waals surface area contributed by atoms with Gasteiger partial charge in [-0.15, -0.1) is 0 Å². The lowest BCUT2D eigenvalue weighted by Crippen LogP contribution is -2.71. The van der Waals surface area contributed by atoms with Gasteiger partial charge in [0.25, 0.3) is 5.79 Å². The molecule has 678 valence electrons. The van der Waals surface area contributed by atoms with Gasteiger partial charge in [-0.1, -0.05) is 170 Å². The Bertz CT molecular complexity index is 4150.